The Morgan fingerprint density at radius 2 is 1.74 bits per heavy atom. The zero-order valence-electron chi connectivity index (χ0n) is 22.0. The number of unbranched alkanes of at least 4 members (excludes halogenated alkanes) is 1. The second kappa shape index (κ2) is 13.2. The van der Waals surface area contributed by atoms with Crippen molar-refractivity contribution in [2.75, 3.05) is 18.5 Å². The van der Waals surface area contributed by atoms with Crippen LogP contribution in [0, 0.1) is 0 Å². The van der Waals surface area contributed by atoms with E-state index < -0.39 is 6.09 Å². The van der Waals surface area contributed by atoms with E-state index in [9.17, 15) is 14.4 Å². The minimum Gasteiger partial charge on any atom is -0.493 e. The summed E-state index contributed by atoms with van der Waals surface area (Å²) >= 11 is 0. The van der Waals surface area contributed by atoms with E-state index in [1.807, 2.05) is 31.2 Å². The summed E-state index contributed by atoms with van der Waals surface area (Å²) in [6.07, 6.45) is 3.06. The number of rotatable bonds is 11. The van der Waals surface area contributed by atoms with Crippen molar-refractivity contribution in [2.24, 2.45) is 0 Å². The zero-order chi connectivity index (χ0) is 27.6. The number of anilines is 1. The van der Waals surface area contributed by atoms with Crippen LogP contribution in [0.15, 0.2) is 77.7 Å². The topological polar surface area (TPSA) is 109 Å². The highest BCUT2D eigenvalue weighted by atomic mass is 16.6. The summed E-state index contributed by atoms with van der Waals surface area (Å²) in [5.41, 5.74) is 1.44. The monoisotopic (exact) mass is 529 g/mol. The van der Waals surface area contributed by atoms with Crippen molar-refractivity contribution in [3.63, 3.8) is 0 Å². The van der Waals surface area contributed by atoms with Crippen molar-refractivity contribution < 1.29 is 23.8 Å². The molecule has 0 bridgehead atoms. The Hall–Kier alpha value is -4.66. The van der Waals surface area contributed by atoms with Gasteiger partial charge in [-0.2, -0.15) is 0 Å². The molecule has 2 aromatic carbocycles. The molecule has 0 unspecified atom stereocenters. The minimum atomic E-state index is -0.775. The third kappa shape index (κ3) is 7.01. The molecule has 2 aromatic heterocycles. The first-order chi connectivity index (χ1) is 19.0. The van der Waals surface area contributed by atoms with E-state index in [-0.39, 0.29) is 23.8 Å². The quantitative estimate of drug-likeness (QED) is 0.193. The van der Waals surface area contributed by atoms with Crippen LogP contribution in [0.5, 0.6) is 11.5 Å². The van der Waals surface area contributed by atoms with E-state index in [1.165, 1.54) is 6.92 Å². The number of hydrogen-bond acceptors (Lipinski definition) is 7. The van der Waals surface area contributed by atoms with Gasteiger partial charge in [-0.15, -0.1) is 0 Å². The molecule has 2 heterocycles. The zero-order valence-corrected chi connectivity index (χ0v) is 22.0. The molecule has 4 rings (SSSR count). The molecule has 4 aromatic rings. The SMILES string of the molecule is CCCCn1c(=O)c(NC(=O)Oc2ccccc2)c(-c2cccc(OCCCOC(C)=O)c2)c2cccnc21. The van der Waals surface area contributed by atoms with Crippen molar-refractivity contribution >= 4 is 28.8 Å². The molecule has 0 radical (unpaired) electrons. The molecule has 0 aliphatic rings. The van der Waals surface area contributed by atoms with Crippen molar-refractivity contribution in [2.45, 2.75) is 39.7 Å². The Balaban J connectivity index is 1.75. The number of hydrogen-bond donors (Lipinski definition) is 1. The maximum absolute atomic E-state index is 13.8. The molecular formula is C30H31N3O6. The van der Waals surface area contributed by atoms with Crippen LogP contribution in [0.2, 0.25) is 0 Å². The average Bonchev–Trinajstić information content (AvgIpc) is 2.93. The number of carbonyl (C=O) groups is 2. The van der Waals surface area contributed by atoms with Crippen molar-refractivity contribution in [3.8, 4) is 22.6 Å². The second-order valence-electron chi connectivity index (χ2n) is 8.83. The number of esters is 1. The summed E-state index contributed by atoms with van der Waals surface area (Å²) < 4.78 is 17.9. The summed E-state index contributed by atoms with van der Waals surface area (Å²) in [5, 5.41) is 3.42. The van der Waals surface area contributed by atoms with Gasteiger partial charge >= 0.3 is 12.1 Å². The normalized spacial score (nSPS) is 10.7. The number of pyridine rings is 2. The average molecular weight is 530 g/mol. The Morgan fingerprint density at radius 3 is 2.51 bits per heavy atom. The van der Waals surface area contributed by atoms with Crippen LogP contribution in [-0.2, 0) is 16.1 Å². The van der Waals surface area contributed by atoms with Crippen molar-refractivity contribution in [1.82, 2.24) is 9.55 Å². The fourth-order valence-corrected chi connectivity index (χ4v) is 4.15. The highest BCUT2D eigenvalue weighted by Crippen LogP contribution is 2.35. The first-order valence-electron chi connectivity index (χ1n) is 12.9. The van der Waals surface area contributed by atoms with Crippen LogP contribution in [0.4, 0.5) is 10.5 Å². The number of carbonyl (C=O) groups excluding carboxylic acids is 2. The van der Waals surface area contributed by atoms with Gasteiger partial charge in [0, 0.05) is 37.0 Å². The number of benzene rings is 2. The number of nitrogens with zero attached hydrogens (tertiary/aromatic N) is 2. The number of ether oxygens (including phenoxy) is 3. The Labute approximate surface area is 226 Å². The molecule has 0 fully saturated rings. The maximum Gasteiger partial charge on any atom is 0.417 e. The molecule has 9 heteroatoms. The lowest BCUT2D eigenvalue weighted by molar-refractivity contribution is -0.141. The standard InChI is InChI=1S/C30H31N3O6/c1-3-4-17-33-28-25(15-9-16-31-28)26(22-11-8-14-24(20-22)38-19-10-18-37-21(2)34)27(29(33)35)32-30(36)39-23-12-6-5-7-13-23/h5-9,11-16,20H,3-4,10,17-19H2,1-2H3,(H,32,36). The second-order valence-corrected chi connectivity index (χ2v) is 8.83. The lowest BCUT2D eigenvalue weighted by Gasteiger charge is -2.18. The molecule has 0 saturated heterocycles. The van der Waals surface area contributed by atoms with E-state index in [1.54, 1.807) is 53.2 Å². The van der Waals surface area contributed by atoms with E-state index >= 15 is 0 Å². The fraction of sp³-hybridized carbons (Fsp3) is 0.267. The molecule has 0 spiro atoms. The molecule has 0 atom stereocenters. The van der Waals surface area contributed by atoms with Gasteiger partial charge in [-0.1, -0.05) is 43.7 Å². The van der Waals surface area contributed by atoms with Crippen LogP contribution in [0.1, 0.15) is 33.1 Å². The number of aryl methyl sites for hydroxylation is 1. The maximum atomic E-state index is 13.8. The van der Waals surface area contributed by atoms with E-state index in [0.717, 1.165) is 12.8 Å². The van der Waals surface area contributed by atoms with Crippen LogP contribution in [0.3, 0.4) is 0 Å². The smallest absolute Gasteiger partial charge is 0.417 e. The lowest BCUT2D eigenvalue weighted by atomic mass is 10.00. The number of aromatic nitrogens is 2. The number of nitrogens with one attached hydrogen (secondary N) is 1. The van der Waals surface area contributed by atoms with Gasteiger partial charge in [0.25, 0.3) is 5.56 Å². The summed E-state index contributed by atoms with van der Waals surface area (Å²) in [7, 11) is 0. The molecule has 0 aliphatic heterocycles. The van der Waals surface area contributed by atoms with Gasteiger partial charge in [-0.05, 0) is 48.4 Å². The third-order valence-corrected chi connectivity index (χ3v) is 5.92. The first kappa shape index (κ1) is 27.4. The molecule has 0 saturated carbocycles. The predicted octanol–water partition coefficient (Wildman–Crippen LogP) is 5.81. The van der Waals surface area contributed by atoms with Crippen LogP contribution in [0.25, 0.3) is 22.2 Å². The molecule has 202 valence electrons. The van der Waals surface area contributed by atoms with Gasteiger partial charge in [-0.25, -0.2) is 9.78 Å². The van der Waals surface area contributed by atoms with Crippen molar-refractivity contribution in [3.05, 3.63) is 83.3 Å². The number of fused-ring (bicyclic) bond motifs is 1. The highest BCUT2D eigenvalue weighted by Gasteiger charge is 2.21. The summed E-state index contributed by atoms with van der Waals surface area (Å²) in [5.74, 6) is 0.590. The van der Waals surface area contributed by atoms with Gasteiger partial charge in [0.15, 0.2) is 0 Å². The van der Waals surface area contributed by atoms with Gasteiger partial charge in [0.05, 0.1) is 13.2 Å². The highest BCUT2D eigenvalue weighted by molar-refractivity contribution is 6.03. The first-order valence-corrected chi connectivity index (χ1v) is 12.9. The van der Waals surface area contributed by atoms with Crippen LogP contribution in [-0.4, -0.2) is 34.8 Å². The Morgan fingerprint density at radius 1 is 0.949 bits per heavy atom. The van der Waals surface area contributed by atoms with Gasteiger partial charge in [0.2, 0.25) is 0 Å². The minimum absolute atomic E-state index is 0.0968. The van der Waals surface area contributed by atoms with E-state index in [2.05, 4.69) is 10.3 Å². The number of amides is 1. The Bertz CT molecular complexity index is 1500. The molecule has 1 N–H and O–H groups in total. The predicted molar refractivity (Wildman–Crippen MR) is 149 cm³/mol. The van der Waals surface area contributed by atoms with E-state index in [4.69, 9.17) is 14.2 Å². The van der Waals surface area contributed by atoms with Gasteiger partial charge < -0.3 is 14.2 Å². The van der Waals surface area contributed by atoms with Crippen molar-refractivity contribution in [1.29, 1.82) is 0 Å². The van der Waals surface area contributed by atoms with Gasteiger partial charge in [0.1, 0.15) is 22.8 Å². The lowest BCUT2D eigenvalue weighted by Crippen LogP contribution is -2.29. The van der Waals surface area contributed by atoms with E-state index in [0.29, 0.717) is 53.2 Å². The molecule has 9 nitrogen and oxygen atoms in total. The van der Waals surface area contributed by atoms with Crippen LogP contribution < -0.4 is 20.3 Å². The number of para-hydroxylation sites is 1. The Kier molecular flexibility index (Phi) is 9.29. The third-order valence-electron chi connectivity index (χ3n) is 5.92. The fourth-order valence-electron chi connectivity index (χ4n) is 4.15. The molecule has 39 heavy (non-hydrogen) atoms. The molecule has 0 aliphatic carbocycles. The molecular weight excluding hydrogens is 498 g/mol. The summed E-state index contributed by atoms with van der Waals surface area (Å²) in [6, 6.07) is 19.6. The largest absolute Gasteiger partial charge is 0.493 e. The van der Waals surface area contributed by atoms with Crippen LogP contribution >= 0.6 is 0 Å². The summed E-state index contributed by atoms with van der Waals surface area (Å²) in [6.45, 7) is 4.46. The molecule has 1 amide bonds. The summed E-state index contributed by atoms with van der Waals surface area (Å²) in [4.78, 5) is 42.3. The van der Waals surface area contributed by atoms with Gasteiger partial charge in [-0.3, -0.25) is 19.5 Å².